The largest absolute Gasteiger partial charge is 0.493 e. The normalized spacial score (nSPS) is 13.9. The number of ether oxygens (including phenoxy) is 2. The second-order valence-electron chi connectivity index (χ2n) is 6.84. The van der Waals surface area contributed by atoms with Crippen LogP contribution in [0, 0.1) is 0 Å². The first-order valence-electron chi connectivity index (χ1n) is 8.34. The van der Waals surface area contributed by atoms with Gasteiger partial charge in [0.25, 0.3) is 0 Å². The molecule has 2 N–H and O–H groups in total. The van der Waals surface area contributed by atoms with Crippen LogP contribution in [-0.4, -0.2) is 24.4 Å². The Morgan fingerprint density at radius 2 is 1.81 bits per heavy atom. The SMILES string of the molecule is COc1cc2c(cc1OC)C(C)(C)c1c(Nc3cccc(Cl)c3)n[nH]c1-2. The number of aromatic nitrogens is 2. The van der Waals surface area contributed by atoms with Crippen LogP contribution >= 0.6 is 11.6 Å². The van der Waals surface area contributed by atoms with Crippen LogP contribution in [0.15, 0.2) is 36.4 Å². The van der Waals surface area contributed by atoms with Crippen molar-refractivity contribution in [2.45, 2.75) is 19.3 Å². The maximum Gasteiger partial charge on any atom is 0.161 e. The topological polar surface area (TPSA) is 59.2 Å². The van der Waals surface area contributed by atoms with Crippen LogP contribution in [0.25, 0.3) is 11.3 Å². The van der Waals surface area contributed by atoms with E-state index >= 15 is 0 Å². The van der Waals surface area contributed by atoms with Crippen molar-refractivity contribution in [3.8, 4) is 22.8 Å². The number of nitrogens with zero attached hydrogens (tertiary/aromatic N) is 1. The summed E-state index contributed by atoms with van der Waals surface area (Å²) >= 11 is 6.10. The van der Waals surface area contributed by atoms with Crippen LogP contribution in [0.4, 0.5) is 11.5 Å². The number of hydrogen-bond donors (Lipinski definition) is 2. The van der Waals surface area contributed by atoms with Gasteiger partial charge in [-0.15, -0.1) is 0 Å². The molecule has 1 aromatic heterocycles. The van der Waals surface area contributed by atoms with Crippen LogP contribution in [0.3, 0.4) is 0 Å². The number of aromatic amines is 1. The molecule has 0 aliphatic heterocycles. The molecule has 134 valence electrons. The number of nitrogens with one attached hydrogen (secondary N) is 2. The molecule has 4 rings (SSSR count). The highest BCUT2D eigenvalue weighted by atomic mass is 35.5. The molecule has 26 heavy (non-hydrogen) atoms. The minimum absolute atomic E-state index is 0.238. The summed E-state index contributed by atoms with van der Waals surface area (Å²) in [5.41, 5.74) is 5.02. The van der Waals surface area contributed by atoms with Gasteiger partial charge in [-0.1, -0.05) is 31.5 Å². The van der Waals surface area contributed by atoms with Gasteiger partial charge in [0.2, 0.25) is 0 Å². The van der Waals surface area contributed by atoms with Crippen molar-refractivity contribution >= 4 is 23.1 Å². The van der Waals surface area contributed by atoms with Crippen molar-refractivity contribution in [1.29, 1.82) is 0 Å². The molecule has 0 fully saturated rings. The van der Waals surface area contributed by atoms with Crippen molar-refractivity contribution in [2.24, 2.45) is 0 Å². The summed E-state index contributed by atoms with van der Waals surface area (Å²) in [5, 5.41) is 11.7. The summed E-state index contributed by atoms with van der Waals surface area (Å²) in [6.45, 7) is 4.37. The average Bonchev–Trinajstić information content (AvgIpc) is 3.13. The Labute approximate surface area is 157 Å². The van der Waals surface area contributed by atoms with E-state index < -0.39 is 0 Å². The Balaban J connectivity index is 1.83. The zero-order chi connectivity index (χ0) is 18.5. The third-order valence-electron chi connectivity index (χ3n) is 4.95. The predicted octanol–water partition coefficient (Wildman–Crippen LogP) is 5.13. The van der Waals surface area contributed by atoms with Gasteiger partial charge in [0.1, 0.15) is 0 Å². The zero-order valence-electron chi connectivity index (χ0n) is 15.1. The summed E-state index contributed by atoms with van der Waals surface area (Å²) < 4.78 is 11.0. The lowest BCUT2D eigenvalue weighted by Gasteiger charge is -2.23. The Morgan fingerprint density at radius 1 is 1.08 bits per heavy atom. The van der Waals surface area contributed by atoms with E-state index in [0.717, 1.165) is 34.1 Å². The first-order chi connectivity index (χ1) is 12.5. The van der Waals surface area contributed by atoms with Crippen molar-refractivity contribution < 1.29 is 9.47 Å². The molecule has 0 amide bonds. The number of H-pyrrole nitrogens is 1. The van der Waals surface area contributed by atoms with Crippen LogP contribution in [-0.2, 0) is 5.41 Å². The second-order valence-corrected chi connectivity index (χ2v) is 7.27. The summed E-state index contributed by atoms with van der Waals surface area (Å²) in [7, 11) is 3.30. The third-order valence-corrected chi connectivity index (χ3v) is 5.18. The smallest absolute Gasteiger partial charge is 0.161 e. The molecule has 0 unspecified atom stereocenters. The fraction of sp³-hybridized carbons (Fsp3) is 0.250. The second kappa shape index (κ2) is 5.95. The molecule has 1 heterocycles. The molecule has 0 saturated heterocycles. The van der Waals surface area contributed by atoms with E-state index in [0.29, 0.717) is 10.8 Å². The molecule has 0 spiro atoms. The third kappa shape index (κ3) is 2.42. The first-order valence-corrected chi connectivity index (χ1v) is 8.71. The van der Waals surface area contributed by atoms with E-state index in [9.17, 15) is 0 Å². The maximum absolute atomic E-state index is 6.10. The van der Waals surface area contributed by atoms with Gasteiger partial charge >= 0.3 is 0 Å². The monoisotopic (exact) mass is 369 g/mol. The molecule has 3 aromatic rings. The molecule has 0 saturated carbocycles. The molecule has 0 bridgehead atoms. The average molecular weight is 370 g/mol. The Bertz CT molecular complexity index is 995. The van der Waals surface area contributed by atoms with E-state index in [4.69, 9.17) is 21.1 Å². The Morgan fingerprint density at radius 3 is 2.50 bits per heavy atom. The maximum atomic E-state index is 6.10. The molecule has 6 heteroatoms. The van der Waals surface area contributed by atoms with E-state index in [1.54, 1.807) is 14.2 Å². The minimum Gasteiger partial charge on any atom is -0.493 e. The fourth-order valence-corrected chi connectivity index (χ4v) is 3.87. The van der Waals surface area contributed by atoms with E-state index in [1.807, 2.05) is 36.4 Å². The zero-order valence-corrected chi connectivity index (χ0v) is 15.9. The van der Waals surface area contributed by atoms with E-state index in [-0.39, 0.29) is 5.41 Å². The van der Waals surface area contributed by atoms with Gasteiger partial charge in [0, 0.05) is 27.3 Å². The van der Waals surface area contributed by atoms with Gasteiger partial charge in [-0.2, -0.15) is 5.10 Å². The van der Waals surface area contributed by atoms with Crippen LogP contribution in [0.1, 0.15) is 25.0 Å². The Kier molecular flexibility index (Phi) is 3.84. The Hall–Kier alpha value is -2.66. The van der Waals surface area contributed by atoms with Gasteiger partial charge in [-0.25, -0.2) is 0 Å². The van der Waals surface area contributed by atoms with Gasteiger partial charge < -0.3 is 14.8 Å². The van der Waals surface area contributed by atoms with E-state index in [2.05, 4.69) is 29.4 Å². The van der Waals surface area contributed by atoms with Crippen LogP contribution < -0.4 is 14.8 Å². The molecular formula is C20H20ClN3O2. The molecular weight excluding hydrogens is 350 g/mol. The van der Waals surface area contributed by atoms with Crippen molar-refractivity contribution in [2.75, 3.05) is 19.5 Å². The van der Waals surface area contributed by atoms with Crippen LogP contribution in [0.2, 0.25) is 5.02 Å². The molecule has 1 aliphatic carbocycles. The highest BCUT2D eigenvalue weighted by Gasteiger charge is 2.41. The van der Waals surface area contributed by atoms with Gasteiger partial charge in [-0.05, 0) is 35.9 Å². The molecule has 0 radical (unpaired) electrons. The van der Waals surface area contributed by atoms with Gasteiger partial charge in [-0.3, -0.25) is 5.10 Å². The number of halogens is 1. The van der Waals surface area contributed by atoms with Crippen LogP contribution in [0.5, 0.6) is 11.5 Å². The number of hydrogen-bond acceptors (Lipinski definition) is 4. The number of methoxy groups -OCH3 is 2. The molecule has 5 nitrogen and oxygen atoms in total. The van der Waals surface area contributed by atoms with E-state index in [1.165, 1.54) is 5.56 Å². The molecule has 1 aliphatic rings. The number of fused-ring (bicyclic) bond motifs is 3. The molecule has 2 aromatic carbocycles. The van der Waals surface area contributed by atoms with Gasteiger partial charge in [0.15, 0.2) is 17.3 Å². The summed E-state index contributed by atoms with van der Waals surface area (Å²) in [6, 6.07) is 11.7. The predicted molar refractivity (Wildman–Crippen MR) is 104 cm³/mol. The summed E-state index contributed by atoms with van der Waals surface area (Å²) in [4.78, 5) is 0. The van der Waals surface area contributed by atoms with Crippen molar-refractivity contribution in [1.82, 2.24) is 10.2 Å². The lowest BCUT2D eigenvalue weighted by Crippen LogP contribution is -2.16. The quantitative estimate of drug-likeness (QED) is 0.669. The standard InChI is InChI=1S/C20H20ClN3O2/c1-20(2)14-10-16(26-4)15(25-3)9-13(14)18-17(20)19(24-23-18)22-12-7-5-6-11(21)8-12/h5-10H,1-4H3,(H2,22,23,24). The summed E-state index contributed by atoms with van der Waals surface area (Å²) in [5.74, 6) is 2.22. The first kappa shape index (κ1) is 16.8. The van der Waals surface area contributed by atoms with Crippen molar-refractivity contribution in [3.05, 3.63) is 52.5 Å². The number of anilines is 2. The number of rotatable bonds is 4. The van der Waals surface area contributed by atoms with Gasteiger partial charge in [0.05, 0.1) is 19.9 Å². The molecule has 0 atom stereocenters. The highest BCUT2D eigenvalue weighted by molar-refractivity contribution is 6.30. The lowest BCUT2D eigenvalue weighted by molar-refractivity contribution is 0.354. The lowest BCUT2D eigenvalue weighted by atomic mass is 9.82. The fourth-order valence-electron chi connectivity index (χ4n) is 3.68. The summed E-state index contributed by atoms with van der Waals surface area (Å²) in [6.07, 6.45) is 0. The highest BCUT2D eigenvalue weighted by Crippen LogP contribution is 2.53. The number of benzene rings is 2. The van der Waals surface area contributed by atoms with Crippen molar-refractivity contribution in [3.63, 3.8) is 0 Å². The minimum atomic E-state index is -0.238.